The van der Waals surface area contributed by atoms with Gasteiger partial charge in [0.1, 0.15) is 0 Å². The molecule has 1 atom stereocenters. The van der Waals surface area contributed by atoms with Crippen LogP contribution in [0.5, 0.6) is 0 Å². The summed E-state index contributed by atoms with van der Waals surface area (Å²) in [5.74, 6) is 0. The predicted octanol–water partition coefficient (Wildman–Crippen LogP) is 3.13. The highest BCUT2D eigenvalue weighted by Gasteiger charge is 2.16. The molecule has 0 aromatic rings. The number of hydrogen-bond acceptors (Lipinski definition) is 1. The number of nitrogens with zero attached hydrogens (tertiary/aromatic N) is 1. The SMILES string of the molecule is CC(F)CCN1CCC(Cl)=C(Cl)C1. The molecule has 0 saturated carbocycles. The lowest BCUT2D eigenvalue weighted by Gasteiger charge is -2.26. The van der Waals surface area contributed by atoms with Crippen LogP contribution >= 0.6 is 23.2 Å². The van der Waals surface area contributed by atoms with Crippen LogP contribution in [0.3, 0.4) is 0 Å². The van der Waals surface area contributed by atoms with E-state index in [0.29, 0.717) is 18.0 Å². The molecule has 0 aliphatic carbocycles. The summed E-state index contributed by atoms with van der Waals surface area (Å²) in [5.41, 5.74) is 0. The topological polar surface area (TPSA) is 3.24 Å². The fraction of sp³-hybridized carbons (Fsp3) is 0.778. The van der Waals surface area contributed by atoms with Gasteiger partial charge in [-0.1, -0.05) is 23.2 Å². The molecule has 4 heteroatoms. The first-order valence-corrected chi connectivity index (χ1v) is 5.24. The van der Waals surface area contributed by atoms with E-state index in [1.54, 1.807) is 6.92 Å². The third kappa shape index (κ3) is 3.84. The second-order valence-corrected chi connectivity index (χ2v) is 4.32. The van der Waals surface area contributed by atoms with Crippen LogP contribution in [-0.2, 0) is 0 Å². The molecule has 0 radical (unpaired) electrons. The molecule has 0 amide bonds. The largest absolute Gasteiger partial charge is 0.298 e. The molecule has 13 heavy (non-hydrogen) atoms. The third-order valence-electron chi connectivity index (χ3n) is 2.15. The fourth-order valence-corrected chi connectivity index (χ4v) is 1.71. The van der Waals surface area contributed by atoms with Crippen molar-refractivity contribution >= 4 is 23.2 Å². The molecule has 0 fully saturated rings. The second-order valence-electron chi connectivity index (χ2n) is 3.41. The average Bonchev–Trinajstić information content (AvgIpc) is 2.07. The summed E-state index contributed by atoms with van der Waals surface area (Å²) in [4.78, 5) is 2.13. The fourth-order valence-electron chi connectivity index (χ4n) is 1.30. The van der Waals surface area contributed by atoms with E-state index in [9.17, 15) is 4.39 Å². The van der Waals surface area contributed by atoms with E-state index < -0.39 is 6.17 Å². The van der Waals surface area contributed by atoms with Gasteiger partial charge in [0, 0.05) is 29.7 Å². The molecule has 1 heterocycles. The Labute approximate surface area is 88.5 Å². The number of rotatable bonds is 3. The lowest BCUT2D eigenvalue weighted by molar-refractivity contribution is 0.244. The van der Waals surface area contributed by atoms with Gasteiger partial charge in [-0.3, -0.25) is 4.90 Å². The molecule has 1 unspecified atom stereocenters. The van der Waals surface area contributed by atoms with Gasteiger partial charge in [-0.05, 0) is 19.8 Å². The van der Waals surface area contributed by atoms with Gasteiger partial charge >= 0.3 is 0 Å². The highest BCUT2D eigenvalue weighted by atomic mass is 35.5. The number of halogens is 3. The third-order valence-corrected chi connectivity index (χ3v) is 3.01. The minimum Gasteiger partial charge on any atom is -0.298 e. The van der Waals surface area contributed by atoms with Gasteiger partial charge in [-0.15, -0.1) is 0 Å². The van der Waals surface area contributed by atoms with Gasteiger partial charge in [0.05, 0.1) is 6.17 Å². The van der Waals surface area contributed by atoms with Gasteiger partial charge in [0.15, 0.2) is 0 Å². The minimum atomic E-state index is -0.736. The minimum absolute atomic E-state index is 0.571. The number of hydrogen-bond donors (Lipinski definition) is 0. The van der Waals surface area contributed by atoms with Crippen molar-refractivity contribution < 1.29 is 4.39 Å². The first kappa shape index (κ1) is 11.3. The molecular formula is C9H14Cl2FN. The van der Waals surface area contributed by atoms with Crippen LogP contribution in [-0.4, -0.2) is 30.7 Å². The van der Waals surface area contributed by atoms with Crippen molar-refractivity contribution in [3.8, 4) is 0 Å². The van der Waals surface area contributed by atoms with E-state index in [-0.39, 0.29) is 0 Å². The molecule has 1 aliphatic heterocycles. The van der Waals surface area contributed by atoms with Gasteiger partial charge < -0.3 is 0 Å². The first-order chi connectivity index (χ1) is 6.09. The maximum absolute atomic E-state index is 12.5. The van der Waals surface area contributed by atoms with E-state index in [0.717, 1.165) is 24.5 Å². The van der Waals surface area contributed by atoms with Gasteiger partial charge in [-0.25, -0.2) is 4.39 Å². The quantitative estimate of drug-likeness (QED) is 0.714. The molecule has 1 nitrogen and oxygen atoms in total. The van der Waals surface area contributed by atoms with Gasteiger partial charge in [-0.2, -0.15) is 0 Å². The standard InChI is InChI=1S/C9H14Cl2FN/c1-7(12)2-4-13-5-3-8(10)9(11)6-13/h7H,2-6H2,1H3. The van der Waals surface area contributed by atoms with Crippen LogP contribution in [0.1, 0.15) is 19.8 Å². The zero-order chi connectivity index (χ0) is 9.84. The maximum Gasteiger partial charge on any atom is 0.0985 e. The summed E-state index contributed by atoms with van der Waals surface area (Å²) in [6.07, 6.45) is 0.628. The Kier molecular flexibility index (Phi) is 4.50. The van der Waals surface area contributed by atoms with Gasteiger partial charge in [0.25, 0.3) is 0 Å². The zero-order valence-corrected chi connectivity index (χ0v) is 9.21. The lowest BCUT2D eigenvalue weighted by atomic mass is 10.2. The van der Waals surface area contributed by atoms with Crippen molar-refractivity contribution in [3.63, 3.8) is 0 Å². The van der Waals surface area contributed by atoms with E-state index in [2.05, 4.69) is 4.90 Å². The molecule has 0 aromatic heterocycles. The van der Waals surface area contributed by atoms with Crippen LogP contribution in [0.2, 0.25) is 0 Å². The summed E-state index contributed by atoms with van der Waals surface area (Å²) in [5, 5.41) is 1.46. The Morgan fingerprint density at radius 2 is 2.15 bits per heavy atom. The van der Waals surface area contributed by atoms with Crippen LogP contribution < -0.4 is 0 Å². The van der Waals surface area contributed by atoms with Gasteiger partial charge in [0.2, 0.25) is 0 Å². The molecule has 0 spiro atoms. The molecule has 0 N–H and O–H groups in total. The van der Waals surface area contributed by atoms with Crippen molar-refractivity contribution in [2.75, 3.05) is 19.6 Å². The Hall–Kier alpha value is 0.210. The normalized spacial score (nSPS) is 22.2. The van der Waals surface area contributed by atoms with Crippen molar-refractivity contribution in [2.45, 2.75) is 25.9 Å². The highest BCUT2D eigenvalue weighted by Crippen LogP contribution is 2.23. The molecule has 1 rings (SSSR count). The molecule has 0 aromatic carbocycles. The van der Waals surface area contributed by atoms with E-state index in [1.807, 2.05) is 0 Å². The van der Waals surface area contributed by atoms with Crippen molar-refractivity contribution in [2.24, 2.45) is 0 Å². The van der Waals surface area contributed by atoms with Crippen LogP contribution in [0.15, 0.2) is 10.1 Å². The molecule has 0 bridgehead atoms. The van der Waals surface area contributed by atoms with Crippen molar-refractivity contribution in [3.05, 3.63) is 10.1 Å². The summed E-state index contributed by atoms with van der Waals surface area (Å²) in [7, 11) is 0. The zero-order valence-electron chi connectivity index (χ0n) is 7.69. The molecule has 1 aliphatic rings. The second kappa shape index (κ2) is 5.18. The van der Waals surface area contributed by atoms with Crippen LogP contribution in [0, 0.1) is 0 Å². The summed E-state index contributed by atoms with van der Waals surface area (Å²) >= 11 is 11.7. The van der Waals surface area contributed by atoms with Crippen LogP contribution in [0.25, 0.3) is 0 Å². The van der Waals surface area contributed by atoms with E-state index >= 15 is 0 Å². The average molecular weight is 226 g/mol. The smallest absolute Gasteiger partial charge is 0.0985 e. The van der Waals surface area contributed by atoms with Crippen LogP contribution in [0.4, 0.5) is 4.39 Å². The first-order valence-electron chi connectivity index (χ1n) is 4.49. The van der Waals surface area contributed by atoms with E-state index in [4.69, 9.17) is 23.2 Å². The predicted molar refractivity (Wildman–Crippen MR) is 55.0 cm³/mol. The van der Waals surface area contributed by atoms with E-state index in [1.165, 1.54) is 0 Å². The Bertz CT molecular complexity index is 204. The molecule has 76 valence electrons. The Morgan fingerprint density at radius 3 is 2.69 bits per heavy atom. The summed E-state index contributed by atoms with van der Waals surface area (Å²) in [6.45, 7) is 3.90. The maximum atomic E-state index is 12.5. The molecular weight excluding hydrogens is 212 g/mol. The van der Waals surface area contributed by atoms with Crippen molar-refractivity contribution in [1.82, 2.24) is 4.90 Å². The summed E-state index contributed by atoms with van der Waals surface area (Å²) in [6, 6.07) is 0. The summed E-state index contributed by atoms with van der Waals surface area (Å²) < 4.78 is 12.5. The Balaban J connectivity index is 2.32. The monoisotopic (exact) mass is 225 g/mol. The number of alkyl halides is 1. The van der Waals surface area contributed by atoms with Crippen molar-refractivity contribution in [1.29, 1.82) is 0 Å². The highest BCUT2D eigenvalue weighted by molar-refractivity contribution is 6.39. The lowest BCUT2D eigenvalue weighted by Crippen LogP contribution is -2.31. The molecule has 0 saturated heterocycles. The Morgan fingerprint density at radius 1 is 1.46 bits per heavy atom.